The van der Waals surface area contributed by atoms with Crippen molar-refractivity contribution in [3.8, 4) is 17.1 Å². The van der Waals surface area contributed by atoms with E-state index in [1.807, 2.05) is 30.0 Å². The molecule has 194 valence electrons. The van der Waals surface area contributed by atoms with Crippen molar-refractivity contribution in [3.05, 3.63) is 30.3 Å². The van der Waals surface area contributed by atoms with Gasteiger partial charge in [-0.1, -0.05) is 0 Å². The quantitative estimate of drug-likeness (QED) is 0.610. The number of anilines is 1. The number of oxazole rings is 1. The van der Waals surface area contributed by atoms with Crippen LogP contribution in [-0.2, 0) is 9.59 Å². The summed E-state index contributed by atoms with van der Waals surface area (Å²) in [5, 5.41) is 0. The molecule has 0 N–H and O–H groups in total. The van der Waals surface area contributed by atoms with Crippen molar-refractivity contribution in [1.82, 2.24) is 19.7 Å². The lowest BCUT2D eigenvalue weighted by molar-refractivity contribution is -0.140. The molecule has 0 radical (unpaired) electrons. The van der Waals surface area contributed by atoms with E-state index in [-0.39, 0.29) is 18.4 Å². The topological polar surface area (TPSA) is 82.4 Å². The predicted octanol–water partition coefficient (Wildman–Crippen LogP) is 2.78. The van der Waals surface area contributed by atoms with E-state index in [1.165, 1.54) is 25.9 Å². The average Bonchev–Trinajstić information content (AvgIpc) is 3.56. The van der Waals surface area contributed by atoms with Crippen molar-refractivity contribution in [1.29, 1.82) is 0 Å². The van der Waals surface area contributed by atoms with Crippen LogP contribution in [0.1, 0.15) is 38.0 Å². The Hall–Kier alpha value is -3.07. The lowest BCUT2D eigenvalue weighted by atomic mass is 10.0. The Balaban J connectivity index is 1.18. The molecule has 2 amide bonds. The minimum Gasteiger partial charge on any atom is -0.496 e. The number of ether oxygens (including phenoxy) is 1. The molecule has 5 rings (SSSR count). The second-order valence-corrected chi connectivity index (χ2v) is 10.0. The maximum atomic E-state index is 13.0. The van der Waals surface area contributed by atoms with Gasteiger partial charge in [0.2, 0.25) is 11.8 Å². The molecule has 3 saturated heterocycles. The van der Waals surface area contributed by atoms with Crippen LogP contribution in [0.3, 0.4) is 0 Å². The molecule has 9 heteroatoms. The number of carbonyl (C=O) groups is 2. The number of hydrogen-bond acceptors (Lipinski definition) is 7. The molecule has 3 fully saturated rings. The van der Waals surface area contributed by atoms with Gasteiger partial charge in [-0.15, -0.1) is 0 Å². The number of carbonyl (C=O) groups excluding carboxylic acids is 2. The van der Waals surface area contributed by atoms with Gasteiger partial charge in [-0.3, -0.25) is 9.59 Å². The summed E-state index contributed by atoms with van der Waals surface area (Å²) in [4.78, 5) is 38.6. The molecule has 2 aromatic rings. The van der Waals surface area contributed by atoms with E-state index in [2.05, 4.69) is 14.8 Å². The molecule has 0 aliphatic carbocycles. The van der Waals surface area contributed by atoms with Crippen molar-refractivity contribution >= 4 is 17.5 Å². The Labute approximate surface area is 213 Å². The first-order valence-electron chi connectivity index (χ1n) is 13.2. The fourth-order valence-electron chi connectivity index (χ4n) is 5.71. The molecule has 4 heterocycles. The average molecular weight is 496 g/mol. The van der Waals surface area contributed by atoms with Crippen molar-refractivity contribution in [3.63, 3.8) is 0 Å². The maximum Gasteiger partial charge on any atom is 0.242 e. The first-order valence-corrected chi connectivity index (χ1v) is 13.2. The highest BCUT2D eigenvalue weighted by Gasteiger charge is 2.30. The molecule has 0 bridgehead atoms. The first-order chi connectivity index (χ1) is 17.5. The van der Waals surface area contributed by atoms with Crippen LogP contribution in [0.2, 0.25) is 0 Å². The number of likely N-dealkylation sites (tertiary alicyclic amines) is 2. The smallest absolute Gasteiger partial charge is 0.242 e. The van der Waals surface area contributed by atoms with E-state index in [0.717, 1.165) is 37.2 Å². The number of piperidine rings is 1. The fourth-order valence-corrected chi connectivity index (χ4v) is 5.71. The van der Waals surface area contributed by atoms with Gasteiger partial charge in [0.15, 0.2) is 11.7 Å². The summed E-state index contributed by atoms with van der Waals surface area (Å²) < 4.78 is 11.3. The highest BCUT2D eigenvalue weighted by Crippen LogP contribution is 2.34. The van der Waals surface area contributed by atoms with Crippen LogP contribution in [-0.4, -0.2) is 97.0 Å². The molecule has 1 aromatic carbocycles. The summed E-state index contributed by atoms with van der Waals surface area (Å²) >= 11 is 0. The van der Waals surface area contributed by atoms with E-state index in [1.54, 1.807) is 18.2 Å². The van der Waals surface area contributed by atoms with Gasteiger partial charge in [-0.05, 0) is 50.9 Å². The molecule has 3 aliphatic rings. The number of rotatable bonds is 6. The van der Waals surface area contributed by atoms with Crippen LogP contribution < -0.4 is 9.64 Å². The zero-order valence-corrected chi connectivity index (χ0v) is 21.4. The van der Waals surface area contributed by atoms with Crippen molar-refractivity contribution in [2.24, 2.45) is 0 Å². The van der Waals surface area contributed by atoms with Crippen LogP contribution in [0.25, 0.3) is 11.3 Å². The Kier molecular flexibility index (Phi) is 7.46. The van der Waals surface area contributed by atoms with Crippen LogP contribution in [0.4, 0.5) is 5.69 Å². The minimum atomic E-state index is 0.0403. The minimum absolute atomic E-state index is 0.0403. The van der Waals surface area contributed by atoms with E-state index in [4.69, 9.17) is 9.15 Å². The molecular formula is C27H37N5O4. The molecule has 0 saturated carbocycles. The van der Waals surface area contributed by atoms with Gasteiger partial charge in [-0.2, -0.15) is 0 Å². The maximum absolute atomic E-state index is 13.0. The van der Waals surface area contributed by atoms with Crippen molar-refractivity contribution < 1.29 is 18.7 Å². The largest absolute Gasteiger partial charge is 0.496 e. The monoisotopic (exact) mass is 495 g/mol. The van der Waals surface area contributed by atoms with Gasteiger partial charge < -0.3 is 28.8 Å². The zero-order valence-electron chi connectivity index (χ0n) is 21.4. The number of hydrogen-bond donors (Lipinski definition) is 0. The summed E-state index contributed by atoms with van der Waals surface area (Å²) in [6, 6.07) is 6.57. The summed E-state index contributed by atoms with van der Waals surface area (Å²) in [5.74, 6) is 2.08. The molecule has 0 unspecified atom stereocenters. The van der Waals surface area contributed by atoms with Gasteiger partial charge in [0.25, 0.3) is 0 Å². The highest BCUT2D eigenvalue weighted by atomic mass is 16.5. The molecule has 3 aliphatic heterocycles. The van der Waals surface area contributed by atoms with E-state index in [0.29, 0.717) is 49.5 Å². The lowest BCUT2D eigenvalue weighted by Gasteiger charge is -2.37. The second-order valence-electron chi connectivity index (χ2n) is 10.0. The van der Waals surface area contributed by atoms with E-state index >= 15 is 0 Å². The van der Waals surface area contributed by atoms with Crippen molar-refractivity contribution in [2.75, 3.05) is 64.4 Å². The number of aromatic nitrogens is 1. The van der Waals surface area contributed by atoms with Gasteiger partial charge in [-0.25, -0.2) is 4.98 Å². The lowest BCUT2D eigenvalue weighted by Crippen LogP contribution is -2.49. The number of benzene rings is 1. The van der Waals surface area contributed by atoms with E-state index < -0.39 is 0 Å². The van der Waals surface area contributed by atoms with Gasteiger partial charge in [0, 0.05) is 63.9 Å². The molecule has 9 nitrogen and oxygen atoms in total. The molecule has 1 aromatic heterocycles. The van der Waals surface area contributed by atoms with Crippen LogP contribution >= 0.6 is 0 Å². The standard InChI is InChI=1S/C27H37N5O4/c1-20-28-18-25(36-20)23-6-5-22(17-24(23)35-2)30-14-9-26(33)32(16-15-30)19-27(34)31-12-7-21(8-13-31)29-10-3-4-11-29/h5-6,17-18,21H,3-4,7-16,19H2,1-2H3. The normalized spacial score (nSPS) is 20.2. The van der Waals surface area contributed by atoms with Gasteiger partial charge in [0.05, 0.1) is 25.4 Å². The Bertz CT molecular complexity index is 1070. The second kappa shape index (κ2) is 10.9. The summed E-state index contributed by atoms with van der Waals surface area (Å²) in [7, 11) is 1.64. The van der Waals surface area contributed by atoms with Crippen LogP contribution in [0.15, 0.2) is 28.8 Å². The van der Waals surface area contributed by atoms with Crippen molar-refractivity contribution in [2.45, 2.75) is 45.1 Å². The zero-order chi connectivity index (χ0) is 25.1. The SMILES string of the molecule is COc1cc(N2CCC(=O)N(CC(=O)N3CCC(N4CCCC4)CC3)CC2)ccc1-c1cnc(C)o1. The van der Waals surface area contributed by atoms with Crippen LogP contribution in [0, 0.1) is 6.92 Å². The van der Waals surface area contributed by atoms with E-state index in [9.17, 15) is 9.59 Å². The predicted molar refractivity (Wildman–Crippen MR) is 137 cm³/mol. The third-order valence-electron chi connectivity index (χ3n) is 7.83. The Morgan fingerprint density at radius 1 is 1.08 bits per heavy atom. The molecular weight excluding hydrogens is 458 g/mol. The van der Waals surface area contributed by atoms with Gasteiger partial charge in [0.1, 0.15) is 5.75 Å². The Morgan fingerprint density at radius 3 is 2.56 bits per heavy atom. The first kappa shape index (κ1) is 24.6. The number of aryl methyl sites for hydroxylation is 1. The number of nitrogens with zero attached hydrogens (tertiary/aromatic N) is 5. The number of methoxy groups -OCH3 is 1. The molecule has 36 heavy (non-hydrogen) atoms. The highest BCUT2D eigenvalue weighted by molar-refractivity contribution is 5.85. The molecule has 0 atom stereocenters. The molecule has 0 spiro atoms. The number of amides is 2. The summed E-state index contributed by atoms with van der Waals surface area (Å²) in [6.45, 7) is 7.78. The van der Waals surface area contributed by atoms with Gasteiger partial charge >= 0.3 is 0 Å². The third kappa shape index (κ3) is 5.36. The fraction of sp³-hybridized carbons (Fsp3) is 0.593. The summed E-state index contributed by atoms with van der Waals surface area (Å²) in [6.07, 6.45) is 6.76. The summed E-state index contributed by atoms with van der Waals surface area (Å²) in [5.41, 5.74) is 1.82. The Morgan fingerprint density at radius 2 is 1.86 bits per heavy atom. The van der Waals surface area contributed by atoms with Crippen LogP contribution in [0.5, 0.6) is 5.75 Å². The third-order valence-corrected chi connectivity index (χ3v) is 7.83.